The average molecular weight is 322 g/mol. The van der Waals surface area contributed by atoms with Crippen LogP contribution in [0.1, 0.15) is 11.1 Å². The minimum atomic E-state index is -0.238. The molecule has 1 aliphatic heterocycles. The molecule has 0 radical (unpaired) electrons. The van der Waals surface area contributed by atoms with Crippen molar-refractivity contribution in [1.82, 2.24) is 0 Å². The minimum Gasteiger partial charge on any atom is -0.366 e. The van der Waals surface area contributed by atoms with E-state index in [1.165, 1.54) is 16.8 Å². The fraction of sp³-hybridized carbons (Fsp3) is 0.235. The van der Waals surface area contributed by atoms with Gasteiger partial charge in [0, 0.05) is 18.8 Å². The Morgan fingerprint density at radius 3 is 2.48 bits per heavy atom. The monoisotopic (exact) mass is 321 g/mol. The van der Waals surface area contributed by atoms with E-state index >= 15 is 0 Å². The predicted octanol–water partition coefficient (Wildman–Crippen LogP) is 4.05. The lowest BCUT2D eigenvalue weighted by atomic mass is 9.93. The van der Waals surface area contributed by atoms with E-state index in [1.54, 1.807) is 0 Å². The van der Waals surface area contributed by atoms with Crippen molar-refractivity contribution >= 4 is 34.9 Å². The van der Waals surface area contributed by atoms with Crippen LogP contribution in [0.2, 0.25) is 0 Å². The third-order valence-corrected chi connectivity index (χ3v) is 4.09. The van der Waals surface area contributed by atoms with Crippen molar-refractivity contribution in [3.8, 4) is 0 Å². The molecule has 1 atom stereocenters. The molecule has 3 rings (SSSR count). The normalized spacial score (nSPS) is 16.8. The van der Waals surface area contributed by atoms with E-state index in [0.29, 0.717) is 6.54 Å². The molecule has 2 nitrogen and oxygen atoms in total. The maximum Gasteiger partial charge on any atom is 0.226 e. The van der Waals surface area contributed by atoms with Gasteiger partial charge in [-0.1, -0.05) is 48.5 Å². The van der Waals surface area contributed by atoms with Crippen LogP contribution >= 0.6 is 24.0 Å². The van der Waals surface area contributed by atoms with Crippen LogP contribution in [0.25, 0.3) is 0 Å². The van der Waals surface area contributed by atoms with Gasteiger partial charge in [0.2, 0.25) is 5.24 Å². The molecule has 1 heterocycles. The van der Waals surface area contributed by atoms with Gasteiger partial charge in [-0.25, -0.2) is 0 Å². The first kappa shape index (κ1) is 15.9. The molecule has 0 saturated heterocycles. The molecule has 0 bridgehead atoms. The zero-order chi connectivity index (χ0) is 13.9. The number of carbonyl (C=O) groups excluding carboxylic acids is 1. The van der Waals surface area contributed by atoms with E-state index in [-0.39, 0.29) is 23.6 Å². The zero-order valence-corrected chi connectivity index (χ0v) is 13.1. The first-order chi connectivity index (χ1) is 9.74. The smallest absolute Gasteiger partial charge is 0.226 e. The molecule has 0 spiro atoms. The standard InChI is InChI=1S/C17H16ClNO.ClH/c18-17(20)15-10-14-8-4-5-9-16(14)19(12-15)11-13-6-2-1-3-7-13;/h1-9,15H,10-12H2;1H. The van der Waals surface area contributed by atoms with Crippen LogP contribution < -0.4 is 4.90 Å². The lowest BCUT2D eigenvalue weighted by Crippen LogP contribution is -2.37. The third-order valence-electron chi connectivity index (χ3n) is 3.78. The molecule has 0 N–H and O–H groups in total. The summed E-state index contributed by atoms with van der Waals surface area (Å²) in [6, 6.07) is 18.6. The SMILES string of the molecule is Cl.O=C(Cl)C1Cc2ccccc2N(Cc2ccccc2)C1. The molecule has 0 aliphatic carbocycles. The molecular formula is C17H17Cl2NO. The summed E-state index contributed by atoms with van der Waals surface area (Å²) in [7, 11) is 0. The largest absolute Gasteiger partial charge is 0.366 e. The van der Waals surface area contributed by atoms with Gasteiger partial charge in [0.15, 0.2) is 0 Å². The number of benzene rings is 2. The Morgan fingerprint density at radius 1 is 1.10 bits per heavy atom. The number of fused-ring (bicyclic) bond motifs is 1. The van der Waals surface area contributed by atoms with Crippen molar-refractivity contribution in [1.29, 1.82) is 0 Å². The van der Waals surface area contributed by atoms with E-state index in [9.17, 15) is 4.79 Å². The highest BCUT2D eigenvalue weighted by Crippen LogP contribution is 2.31. The second kappa shape index (κ2) is 6.97. The van der Waals surface area contributed by atoms with Gasteiger partial charge in [-0.2, -0.15) is 0 Å². The van der Waals surface area contributed by atoms with Gasteiger partial charge >= 0.3 is 0 Å². The van der Waals surface area contributed by atoms with Crippen molar-refractivity contribution in [2.24, 2.45) is 5.92 Å². The number of carbonyl (C=O) groups is 1. The number of rotatable bonds is 3. The van der Waals surface area contributed by atoms with E-state index in [2.05, 4.69) is 29.2 Å². The Kier molecular flexibility index (Phi) is 5.27. The van der Waals surface area contributed by atoms with Crippen molar-refractivity contribution < 1.29 is 4.79 Å². The third kappa shape index (κ3) is 3.58. The molecule has 4 heteroatoms. The summed E-state index contributed by atoms with van der Waals surface area (Å²) in [4.78, 5) is 13.8. The summed E-state index contributed by atoms with van der Waals surface area (Å²) in [5.41, 5.74) is 3.66. The van der Waals surface area contributed by atoms with Crippen molar-refractivity contribution in [2.75, 3.05) is 11.4 Å². The highest BCUT2D eigenvalue weighted by molar-refractivity contribution is 6.64. The molecule has 110 valence electrons. The molecular weight excluding hydrogens is 305 g/mol. The maximum absolute atomic E-state index is 11.5. The lowest BCUT2D eigenvalue weighted by Gasteiger charge is -2.34. The highest BCUT2D eigenvalue weighted by Gasteiger charge is 2.27. The van der Waals surface area contributed by atoms with Gasteiger partial charge in [-0.15, -0.1) is 12.4 Å². The van der Waals surface area contributed by atoms with Gasteiger partial charge < -0.3 is 4.90 Å². The van der Waals surface area contributed by atoms with Crippen LogP contribution in [0, 0.1) is 5.92 Å². The van der Waals surface area contributed by atoms with Gasteiger partial charge in [0.1, 0.15) is 0 Å². The van der Waals surface area contributed by atoms with Crippen molar-refractivity contribution in [3.05, 3.63) is 65.7 Å². The fourth-order valence-corrected chi connectivity index (χ4v) is 2.94. The topological polar surface area (TPSA) is 20.3 Å². The van der Waals surface area contributed by atoms with Crippen LogP contribution in [-0.2, 0) is 17.8 Å². The number of hydrogen-bond donors (Lipinski definition) is 0. The number of halogens is 2. The Labute approximate surface area is 136 Å². The molecule has 1 unspecified atom stereocenters. The molecule has 1 aliphatic rings. The molecule has 0 aromatic heterocycles. The number of hydrogen-bond acceptors (Lipinski definition) is 2. The number of para-hydroxylation sites is 1. The second-order valence-electron chi connectivity index (χ2n) is 5.20. The summed E-state index contributed by atoms with van der Waals surface area (Å²) in [5, 5.41) is -0.238. The van der Waals surface area contributed by atoms with Crippen LogP contribution in [-0.4, -0.2) is 11.8 Å². The summed E-state index contributed by atoms with van der Waals surface area (Å²) in [6.45, 7) is 1.49. The van der Waals surface area contributed by atoms with Crippen LogP contribution in [0.15, 0.2) is 54.6 Å². The quantitative estimate of drug-likeness (QED) is 0.795. The van der Waals surface area contributed by atoms with Gasteiger partial charge in [-0.05, 0) is 35.2 Å². The number of nitrogens with zero attached hydrogens (tertiary/aromatic N) is 1. The minimum absolute atomic E-state index is 0. The molecule has 21 heavy (non-hydrogen) atoms. The van der Waals surface area contributed by atoms with E-state index in [0.717, 1.165) is 13.0 Å². The van der Waals surface area contributed by atoms with Crippen molar-refractivity contribution in [2.45, 2.75) is 13.0 Å². The van der Waals surface area contributed by atoms with E-state index in [1.807, 2.05) is 30.3 Å². The average Bonchev–Trinajstić information content (AvgIpc) is 2.48. The second-order valence-corrected chi connectivity index (χ2v) is 5.57. The summed E-state index contributed by atoms with van der Waals surface area (Å²) in [6.07, 6.45) is 0.740. The molecule has 0 amide bonds. The van der Waals surface area contributed by atoms with E-state index < -0.39 is 0 Å². The highest BCUT2D eigenvalue weighted by atomic mass is 35.5. The van der Waals surface area contributed by atoms with E-state index in [4.69, 9.17) is 11.6 Å². The molecule has 2 aromatic rings. The van der Waals surface area contributed by atoms with Gasteiger partial charge in [0.05, 0.1) is 5.92 Å². The fourth-order valence-electron chi connectivity index (χ4n) is 2.79. The summed E-state index contributed by atoms with van der Waals surface area (Å²) in [5.74, 6) is -0.115. The summed E-state index contributed by atoms with van der Waals surface area (Å²) >= 11 is 5.73. The maximum atomic E-state index is 11.5. The Hall–Kier alpha value is -1.51. The van der Waals surface area contributed by atoms with Gasteiger partial charge in [0.25, 0.3) is 0 Å². The zero-order valence-electron chi connectivity index (χ0n) is 11.5. The van der Waals surface area contributed by atoms with Crippen LogP contribution in [0.3, 0.4) is 0 Å². The van der Waals surface area contributed by atoms with Gasteiger partial charge in [-0.3, -0.25) is 4.79 Å². The Balaban J connectivity index is 0.00000161. The lowest BCUT2D eigenvalue weighted by molar-refractivity contribution is -0.114. The van der Waals surface area contributed by atoms with Crippen LogP contribution in [0.5, 0.6) is 0 Å². The Bertz CT molecular complexity index is 615. The molecule has 2 aromatic carbocycles. The molecule has 0 fully saturated rings. The first-order valence-electron chi connectivity index (χ1n) is 6.80. The summed E-state index contributed by atoms with van der Waals surface area (Å²) < 4.78 is 0. The first-order valence-corrected chi connectivity index (χ1v) is 7.18. The Morgan fingerprint density at radius 2 is 1.76 bits per heavy atom. The predicted molar refractivity (Wildman–Crippen MR) is 89.2 cm³/mol. The number of anilines is 1. The molecule has 0 saturated carbocycles. The van der Waals surface area contributed by atoms with Crippen molar-refractivity contribution in [3.63, 3.8) is 0 Å². The van der Waals surface area contributed by atoms with Crippen LogP contribution in [0.4, 0.5) is 5.69 Å².